The Morgan fingerprint density at radius 3 is 2.81 bits per heavy atom. The van der Waals surface area contributed by atoms with Gasteiger partial charge in [-0.15, -0.1) is 11.3 Å². The van der Waals surface area contributed by atoms with E-state index in [1.165, 1.54) is 29.7 Å². The largest absolute Gasteiger partial charge is 0.373 e. The van der Waals surface area contributed by atoms with Crippen molar-refractivity contribution in [1.29, 1.82) is 0 Å². The van der Waals surface area contributed by atoms with Crippen LogP contribution < -0.4 is 11.3 Å². The van der Waals surface area contributed by atoms with Crippen molar-refractivity contribution >= 4 is 27.4 Å². The van der Waals surface area contributed by atoms with Gasteiger partial charge in [-0.3, -0.25) is 0 Å². The summed E-state index contributed by atoms with van der Waals surface area (Å²) in [6.07, 6.45) is 5.26. The maximum atomic E-state index is 5.72. The second-order valence-corrected chi connectivity index (χ2v) is 6.94. The minimum Gasteiger partial charge on any atom is -0.373 e. The molecule has 0 aromatic carbocycles. The fourth-order valence-electron chi connectivity index (χ4n) is 2.66. The number of anilines is 1. The third kappa shape index (κ3) is 3.02. The second-order valence-electron chi connectivity index (χ2n) is 5.73. The first-order valence-electron chi connectivity index (χ1n) is 7.50. The van der Waals surface area contributed by atoms with Gasteiger partial charge in [-0.05, 0) is 31.7 Å². The van der Waals surface area contributed by atoms with E-state index < -0.39 is 0 Å². The number of hydrogen-bond acceptors (Lipinski definition) is 6. The van der Waals surface area contributed by atoms with Gasteiger partial charge < -0.3 is 10.2 Å². The van der Waals surface area contributed by atoms with Gasteiger partial charge in [0.25, 0.3) is 0 Å². The van der Waals surface area contributed by atoms with E-state index in [9.17, 15) is 0 Å². The molecule has 0 atom stereocenters. The maximum Gasteiger partial charge on any atom is 0.158 e. The minimum absolute atomic E-state index is 0.452. The van der Waals surface area contributed by atoms with Crippen molar-refractivity contribution < 1.29 is 4.74 Å². The summed E-state index contributed by atoms with van der Waals surface area (Å²) >= 11 is 1.68. The van der Waals surface area contributed by atoms with E-state index in [4.69, 9.17) is 10.6 Å². The Hall–Kier alpha value is -1.24. The van der Waals surface area contributed by atoms with Gasteiger partial charge in [-0.2, -0.15) is 0 Å². The van der Waals surface area contributed by atoms with E-state index in [2.05, 4.69) is 29.2 Å². The predicted octanol–water partition coefficient (Wildman–Crippen LogP) is 3.30. The number of fused-ring (bicyclic) bond motifs is 1. The molecule has 2 heterocycles. The molecular formula is C15H22N4OS. The SMILES string of the molecule is Cc1sc2nc(COCCC3CCC3)nc(NN)c2c1C. The summed E-state index contributed by atoms with van der Waals surface area (Å²) in [6, 6.07) is 0. The Kier molecular flexibility index (Phi) is 4.37. The van der Waals surface area contributed by atoms with Crippen LogP contribution in [0.3, 0.4) is 0 Å². The van der Waals surface area contributed by atoms with Crippen molar-refractivity contribution in [3.8, 4) is 0 Å². The molecule has 114 valence electrons. The second kappa shape index (κ2) is 6.25. The van der Waals surface area contributed by atoms with E-state index in [1.54, 1.807) is 11.3 Å². The Bertz CT molecular complexity index is 636. The number of nitrogens with one attached hydrogen (secondary N) is 1. The molecule has 3 rings (SSSR count). The smallest absolute Gasteiger partial charge is 0.158 e. The fourth-order valence-corrected chi connectivity index (χ4v) is 3.71. The lowest BCUT2D eigenvalue weighted by atomic mass is 9.83. The van der Waals surface area contributed by atoms with E-state index in [0.29, 0.717) is 18.2 Å². The average molecular weight is 306 g/mol. The number of nitrogen functional groups attached to an aromatic ring is 1. The molecule has 0 amide bonds. The summed E-state index contributed by atoms with van der Waals surface area (Å²) in [7, 11) is 0. The predicted molar refractivity (Wildman–Crippen MR) is 86.3 cm³/mol. The van der Waals surface area contributed by atoms with Gasteiger partial charge in [0.2, 0.25) is 0 Å². The van der Waals surface area contributed by atoms with Gasteiger partial charge in [0.05, 0.1) is 5.39 Å². The number of ether oxygens (including phenoxy) is 1. The van der Waals surface area contributed by atoms with Crippen molar-refractivity contribution in [2.45, 2.75) is 46.1 Å². The van der Waals surface area contributed by atoms with Crippen LogP contribution in [-0.4, -0.2) is 16.6 Å². The summed E-state index contributed by atoms with van der Waals surface area (Å²) < 4.78 is 5.72. The molecule has 1 saturated carbocycles. The topological polar surface area (TPSA) is 73.1 Å². The minimum atomic E-state index is 0.452. The molecule has 2 aromatic rings. The molecule has 0 spiro atoms. The lowest BCUT2D eigenvalue weighted by Crippen LogP contribution is -2.14. The van der Waals surface area contributed by atoms with Crippen LogP contribution in [0.15, 0.2) is 0 Å². The number of hydrogen-bond donors (Lipinski definition) is 2. The quantitative estimate of drug-likeness (QED) is 0.486. The highest BCUT2D eigenvalue weighted by Gasteiger charge is 2.17. The Labute approximate surface area is 128 Å². The van der Waals surface area contributed by atoms with Crippen LogP contribution in [0.2, 0.25) is 0 Å². The van der Waals surface area contributed by atoms with Gasteiger partial charge in [0.15, 0.2) is 11.6 Å². The zero-order valence-corrected chi connectivity index (χ0v) is 13.4. The molecule has 0 radical (unpaired) electrons. The monoisotopic (exact) mass is 306 g/mol. The zero-order chi connectivity index (χ0) is 14.8. The number of hydrazine groups is 1. The van der Waals surface area contributed by atoms with E-state index in [-0.39, 0.29) is 0 Å². The number of nitrogens with two attached hydrogens (primary N) is 1. The lowest BCUT2D eigenvalue weighted by molar-refractivity contribution is 0.0909. The van der Waals surface area contributed by atoms with Crippen LogP contribution in [0.1, 0.15) is 41.9 Å². The van der Waals surface area contributed by atoms with Crippen molar-refractivity contribution in [3.05, 3.63) is 16.3 Å². The van der Waals surface area contributed by atoms with Gasteiger partial charge in [-0.1, -0.05) is 19.3 Å². The number of nitrogens with zero attached hydrogens (tertiary/aromatic N) is 2. The summed E-state index contributed by atoms with van der Waals surface area (Å²) in [5, 5.41) is 1.03. The van der Waals surface area contributed by atoms with Crippen LogP contribution >= 0.6 is 11.3 Å². The number of rotatable bonds is 6. The molecule has 3 N–H and O–H groups in total. The first-order valence-corrected chi connectivity index (χ1v) is 8.31. The molecule has 1 fully saturated rings. The highest BCUT2D eigenvalue weighted by molar-refractivity contribution is 7.18. The highest BCUT2D eigenvalue weighted by atomic mass is 32.1. The van der Waals surface area contributed by atoms with E-state index in [0.717, 1.165) is 29.2 Å². The van der Waals surface area contributed by atoms with Crippen LogP contribution in [0.25, 0.3) is 10.2 Å². The number of aromatic nitrogens is 2. The van der Waals surface area contributed by atoms with Gasteiger partial charge in [0, 0.05) is 11.5 Å². The van der Waals surface area contributed by atoms with Crippen molar-refractivity contribution in [3.63, 3.8) is 0 Å². The molecule has 1 aliphatic carbocycles. The van der Waals surface area contributed by atoms with E-state index >= 15 is 0 Å². The van der Waals surface area contributed by atoms with Crippen molar-refractivity contribution in [2.24, 2.45) is 11.8 Å². The molecule has 5 nitrogen and oxygen atoms in total. The van der Waals surface area contributed by atoms with Crippen LogP contribution in [0, 0.1) is 19.8 Å². The molecule has 1 aliphatic rings. The van der Waals surface area contributed by atoms with E-state index in [1.807, 2.05) is 0 Å². The normalized spacial score (nSPS) is 15.4. The maximum absolute atomic E-state index is 5.72. The summed E-state index contributed by atoms with van der Waals surface area (Å²) in [6.45, 7) is 5.41. The Morgan fingerprint density at radius 2 is 2.14 bits per heavy atom. The first-order chi connectivity index (χ1) is 10.2. The average Bonchev–Trinajstić information content (AvgIpc) is 2.71. The van der Waals surface area contributed by atoms with Gasteiger partial charge in [-0.25, -0.2) is 15.8 Å². The molecule has 0 aliphatic heterocycles. The molecule has 0 unspecified atom stereocenters. The standard InChI is InChI=1S/C15H22N4OS/c1-9-10(2)21-15-13(9)14(19-16)17-12(18-15)8-20-7-6-11-4-3-5-11/h11H,3-8,16H2,1-2H3,(H,17,18,19). The summed E-state index contributed by atoms with van der Waals surface area (Å²) in [4.78, 5) is 11.3. The van der Waals surface area contributed by atoms with Crippen molar-refractivity contribution in [1.82, 2.24) is 9.97 Å². The number of thiophene rings is 1. The fraction of sp³-hybridized carbons (Fsp3) is 0.600. The third-order valence-corrected chi connectivity index (χ3v) is 5.44. The molecule has 0 bridgehead atoms. The molecule has 21 heavy (non-hydrogen) atoms. The highest BCUT2D eigenvalue weighted by Crippen LogP contribution is 2.33. The van der Waals surface area contributed by atoms with Crippen LogP contribution in [-0.2, 0) is 11.3 Å². The summed E-state index contributed by atoms with van der Waals surface area (Å²) in [5.41, 5.74) is 3.89. The Balaban J connectivity index is 1.70. The Morgan fingerprint density at radius 1 is 1.33 bits per heavy atom. The zero-order valence-electron chi connectivity index (χ0n) is 12.6. The molecule has 0 saturated heterocycles. The molecule has 2 aromatic heterocycles. The van der Waals surface area contributed by atoms with Crippen LogP contribution in [0.4, 0.5) is 5.82 Å². The molecular weight excluding hydrogens is 284 g/mol. The third-order valence-electron chi connectivity index (χ3n) is 4.34. The van der Waals surface area contributed by atoms with Crippen molar-refractivity contribution in [2.75, 3.05) is 12.0 Å². The van der Waals surface area contributed by atoms with Crippen LogP contribution in [0.5, 0.6) is 0 Å². The number of aryl methyl sites for hydroxylation is 2. The molecule has 6 heteroatoms. The summed E-state index contributed by atoms with van der Waals surface area (Å²) in [5.74, 6) is 7.87. The lowest BCUT2D eigenvalue weighted by Gasteiger charge is -2.24. The first kappa shape index (κ1) is 14.7. The van der Waals surface area contributed by atoms with Gasteiger partial charge in [0.1, 0.15) is 11.4 Å². The van der Waals surface area contributed by atoms with Gasteiger partial charge >= 0.3 is 0 Å².